The van der Waals surface area contributed by atoms with Gasteiger partial charge in [0.1, 0.15) is 28.2 Å². The van der Waals surface area contributed by atoms with Gasteiger partial charge in [-0.25, -0.2) is 0 Å². The first-order valence-corrected chi connectivity index (χ1v) is 10.3. The second kappa shape index (κ2) is 9.94. The van der Waals surface area contributed by atoms with Crippen molar-refractivity contribution in [2.45, 2.75) is 6.61 Å². The van der Waals surface area contributed by atoms with Gasteiger partial charge in [0.2, 0.25) is 0 Å². The number of nitrogens with zero attached hydrogens (tertiary/aromatic N) is 1. The molecule has 31 heavy (non-hydrogen) atoms. The standard InChI is InChI=1S/C20H10Cl5NO5/c21-15-16(22)18(24)20(19(25)17(15)23)30-9-11-6-5-10(31-11)7-8-14(27)12-3-1-2-4-13(12)26(28)29/h1-8H,9H2/b8-7+. The molecule has 1 aromatic heterocycles. The van der Waals surface area contributed by atoms with E-state index in [1.54, 1.807) is 18.2 Å². The van der Waals surface area contributed by atoms with Crippen LogP contribution in [0.15, 0.2) is 46.9 Å². The van der Waals surface area contributed by atoms with Gasteiger partial charge in [0.15, 0.2) is 11.5 Å². The van der Waals surface area contributed by atoms with Gasteiger partial charge in [-0.2, -0.15) is 0 Å². The molecule has 0 spiro atoms. The van der Waals surface area contributed by atoms with Crippen LogP contribution in [0, 0.1) is 10.1 Å². The molecule has 0 amide bonds. The van der Waals surface area contributed by atoms with Crippen LogP contribution in [-0.2, 0) is 6.61 Å². The van der Waals surface area contributed by atoms with E-state index in [4.69, 9.17) is 67.2 Å². The smallest absolute Gasteiger partial charge is 0.280 e. The number of hydrogen-bond donors (Lipinski definition) is 0. The molecule has 3 aromatic rings. The van der Waals surface area contributed by atoms with Crippen LogP contribution in [0.25, 0.3) is 6.08 Å². The Morgan fingerprint density at radius 2 is 1.58 bits per heavy atom. The number of carbonyl (C=O) groups is 1. The molecular formula is C20H10Cl5NO5. The Labute approximate surface area is 201 Å². The van der Waals surface area contributed by atoms with Crippen molar-refractivity contribution in [1.29, 1.82) is 0 Å². The number of furan rings is 1. The van der Waals surface area contributed by atoms with Crippen LogP contribution in [0.1, 0.15) is 21.9 Å². The van der Waals surface area contributed by atoms with Gasteiger partial charge < -0.3 is 9.15 Å². The van der Waals surface area contributed by atoms with Crippen molar-refractivity contribution in [3.63, 3.8) is 0 Å². The maximum absolute atomic E-state index is 12.3. The van der Waals surface area contributed by atoms with Crippen LogP contribution < -0.4 is 4.74 Å². The van der Waals surface area contributed by atoms with Crippen molar-refractivity contribution in [2.75, 3.05) is 0 Å². The van der Waals surface area contributed by atoms with Gasteiger partial charge in [-0.05, 0) is 30.4 Å². The number of nitro groups is 1. The molecule has 160 valence electrons. The van der Waals surface area contributed by atoms with Gasteiger partial charge in [0.05, 0.1) is 25.6 Å². The summed E-state index contributed by atoms with van der Waals surface area (Å²) in [7, 11) is 0. The summed E-state index contributed by atoms with van der Waals surface area (Å²) in [5.74, 6) is 0.218. The SMILES string of the molecule is O=C(/C=C/c1ccc(COc2c(Cl)c(Cl)c(Cl)c(Cl)c2Cl)o1)c1ccccc1[N+](=O)[O-]. The van der Waals surface area contributed by atoms with E-state index in [1.807, 2.05) is 0 Å². The summed E-state index contributed by atoms with van der Waals surface area (Å²) in [6, 6.07) is 8.86. The van der Waals surface area contributed by atoms with Crippen LogP contribution in [0.3, 0.4) is 0 Å². The number of carbonyl (C=O) groups excluding carboxylic acids is 1. The Kier molecular flexibility index (Phi) is 7.51. The first kappa shape index (κ1) is 23.4. The zero-order valence-electron chi connectivity index (χ0n) is 15.2. The van der Waals surface area contributed by atoms with Crippen molar-refractivity contribution in [3.05, 3.63) is 94.8 Å². The highest BCUT2D eigenvalue weighted by molar-refractivity contribution is 6.55. The number of nitro benzene ring substituents is 1. The van der Waals surface area contributed by atoms with Crippen LogP contribution in [0.2, 0.25) is 25.1 Å². The first-order valence-electron chi connectivity index (χ1n) is 8.39. The molecule has 0 aliphatic heterocycles. The average Bonchev–Trinajstić information content (AvgIpc) is 3.22. The summed E-state index contributed by atoms with van der Waals surface area (Å²) < 4.78 is 11.1. The molecular weight excluding hydrogens is 511 g/mol. The second-order valence-electron chi connectivity index (χ2n) is 5.96. The number of ketones is 1. The molecule has 0 aliphatic rings. The van der Waals surface area contributed by atoms with Crippen LogP contribution in [-0.4, -0.2) is 10.7 Å². The number of para-hydroxylation sites is 1. The maximum Gasteiger partial charge on any atom is 0.280 e. The zero-order valence-corrected chi connectivity index (χ0v) is 19.0. The van der Waals surface area contributed by atoms with E-state index in [1.165, 1.54) is 30.4 Å². The van der Waals surface area contributed by atoms with E-state index in [9.17, 15) is 14.9 Å². The topological polar surface area (TPSA) is 82.6 Å². The lowest BCUT2D eigenvalue weighted by Gasteiger charge is -2.12. The zero-order chi connectivity index (χ0) is 22.7. The predicted octanol–water partition coefficient (Wildman–Crippen LogP) is 7.93. The van der Waals surface area contributed by atoms with Crippen molar-refractivity contribution in [2.24, 2.45) is 0 Å². The molecule has 6 nitrogen and oxygen atoms in total. The monoisotopic (exact) mass is 519 g/mol. The minimum absolute atomic E-state index is 0.00259. The number of hydrogen-bond acceptors (Lipinski definition) is 5. The van der Waals surface area contributed by atoms with Crippen molar-refractivity contribution in [3.8, 4) is 5.75 Å². The minimum atomic E-state index is -0.616. The Balaban J connectivity index is 1.72. The van der Waals surface area contributed by atoms with E-state index in [2.05, 4.69) is 0 Å². The molecule has 0 aliphatic carbocycles. The van der Waals surface area contributed by atoms with Gasteiger partial charge in [0.25, 0.3) is 5.69 Å². The van der Waals surface area contributed by atoms with Gasteiger partial charge in [-0.1, -0.05) is 70.1 Å². The lowest BCUT2D eigenvalue weighted by atomic mass is 10.1. The Bertz CT molecular complexity index is 1180. The fraction of sp³-hybridized carbons (Fsp3) is 0.0500. The van der Waals surface area contributed by atoms with Gasteiger partial charge in [-0.15, -0.1) is 0 Å². The molecule has 2 aromatic carbocycles. The lowest BCUT2D eigenvalue weighted by Crippen LogP contribution is -2.00. The number of ether oxygens (including phenoxy) is 1. The van der Waals surface area contributed by atoms with Crippen molar-refractivity contribution >= 4 is 75.6 Å². The highest BCUT2D eigenvalue weighted by Gasteiger charge is 2.21. The lowest BCUT2D eigenvalue weighted by molar-refractivity contribution is -0.385. The summed E-state index contributed by atoms with van der Waals surface area (Å²) in [6.45, 7) is -0.0698. The summed E-state index contributed by atoms with van der Waals surface area (Å²) in [6.07, 6.45) is 2.57. The number of rotatable bonds is 7. The fourth-order valence-corrected chi connectivity index (χ4v) is 3.74. The molecule has 0 saturated heterocycles. The molecule has 0 unspecified atom stereocenters. The molecule has 0 atom stereocenters. The molecule has 0 radical (unpaired) electrons. The first-order chi connectivity index (χ1) is 14.7. The molecule has 11 heteroatoms. The molecule has 3 rings (SSSR count). The summed E-state index contributed by atoms with van der Waals surface area (Å²) >= 11 is 30.2. The van der Waals surface area contributed by atoms with E-state index in [-0.39, 0.29) is 48.7 Å². The van der Waals surface area contributed by atoms with Crippen molar-refractivity contribution in [1.82, 2.24) is 0 Å². The van der Waals surface area contributed by atoms with Gasteiger partial charge in [-0.3, -0.25) is 14.9 Å². The van der Waals surface area contributed by atoms with E-state index < -0.39 is 10.7 Å². The normalized spacial score (nSPS) is 11.1. The third kappa shape index (κ3) is 5.17. The Hall–Kier alpha value is -2.22. The predicted molar refractivity (Wildman–Crippen MR) is 121 cm³/mol. The third-order valence-electron chi connectivity index (χ3n) is 3.98. The maximum atomic E-state index is 12.3. The van der Waals surface area contributed by atoms with E-state index >= 15 is 0 Å². The van der Waals surface area contributed by atoms with Crippen LogP contribution in [0.5, 0.6) is 5.75 Å². The van der Waals surface area contributed by atoms with Gasteiger partial charge in [0, 0.05) is 6.07 Å². The Morgan fingerprint density at radius 3 is 2.23 bits per heavy atom. The number of allylic oxidation sites excluding steroid dienone is 1. The molecule has 0 fully saturated rings. The average molecular weight is 522 g/mol. The summed E-state index contributed by atoms with van der Waals surface area (Å²) in [5, 5.41) is 11.1. The second-order valence-corrected chi connectivity index (χ2v) is 7.85. The minimum Gasteiger partial charge on any atom is -0.482 e. The number of benzene rings is 2. The van der Waals surface area contributed by atoms with Crippen LogP contribution >= 0.6 is 58.0 Å². The summed E-state index contributed by atoms with van der Waals surface area (Å²) in [5.41, 5.74) is -0.306. The molecule has 0 saturated carbocycles. The fourth-order valence-electron chi connectivity index (χ4n) is 2.51. The van der Waals surface area contributed by atoms with Gasteiger partial charge >= 0.3 is 0 Å². The molecule has 0 bridgehead atoms. The van der Waals surface area contributed by atoms with Crippen LogP contribution in [0.4, 0.5) is 5.69 Å². The van der Waals surface area contributed by atoms with E-state index in [0.717, 1.165) is 0 Å². The van der Waals surface area contributed by atoms with E-state index in [0.29, 0.717) is 11.5 Å². The Morgan fingerprint density at radius 1 is 0.968 bits per heavy atom. The molecule has 1 heterocycles. The van der Waals surface area contributed by atoms with Crippen molar-refractivity contribution < 1.29 is 18.9 Å². The highest BCUT2D eigenvalue weighted by atomic mass is 35.5. The molecule has 0 N–H and O–H groups in total. The highest BCUT2D eigenvalue weighted by Crippen LogP contribution is 2.48. The third-order valence-corrected chi connectivity index (χ3v) is 6.22. The number of halogens is 5. The quantitative estimate of drug-likeness (QED) is 0.0787. The summed E-state index contributed by atoms with van der Waals surface area (Å²) in [4.78, 5) is 22.7. The largest absolute Gasteiger partial charge is 0.482 e.